The van der Waals surface area contributed by atoms with E-state index in [4.69, 9.17) is 20.9 Å². The molecule has 0 bridgehead atoms. The molecule has 1 aliphatic rings. The lowest BCUT2D eigenvalue weighted by atomic mass is 10.1. The number of hydrogen-bond donors (Lipinski definition) is 1. The van der Waals surface area contributed by atoms with Crippen molar-refractivity contribution in [3.8, 4) is 0 Å². The molecule has 1 aromatic carbocycles. The molecule has 0 spiro atoms. The summed E-state index contributed by atoms with van der Waals surface area (Å²) in [6.07, 6.45) is -0.969. The first-order valence-corrected chi connectivity index (χ1v) is 7.98. The minimum Gasteiger partial charge on any atom is -0.444 e. The van der Waals surface area contributed by atoms with Gasteiger partial charge in [-0.3, -0.25) is 9.35 Å². The summed E-state index contributed by atoms with van der Waals surface area (Å²) in [4.78, 5) is 23.9. The zero-order chi connectivity index (χ0) is 16.3. The van der Waals surface area contributed by atoms with Crippen LogP contribution in [0.25, 0.3) is 0 Å². The van der Waals surface area contributed by atoms with E-state index in [2.05, 4.69) is 0 Å². The summed E-state index contributed by atoms with van der Waals surface area (Å²) >= 11 is 5.35. The van der Waals surface area contributed by atoms with Gasteiger partial charge in [-0.1, -0.05) is 30.3 Å². The number of carbonyl (C=O) groups excluding carboxylic acids is 2. The topological polar surface area (TPSA) is 104 Å². The van der Waals surface area contributed by atoms with Crippen molar-refractivity contribution < 1.29 is 27.3 Å². The van der Waals surface area contributed by atoms with Crippen LogP contribution in [0.1, 0.15) is 5.56 Å². The van der Waals surface area contributed by atoms with Gasteiger partial charge >= 0.3 is 21.8 Å². The van der Waals surface area contributed by atoms with E-state index in [1.807, 2.05) is 0 Å². The summed E-state index contributed by atoms with van der Waals surface area (Å²) in [5.41, 5.74) is 0.728. The van der Waals surface area contributed by atoms with Gasteiger partial charge < -0.3 is 4.74 Å². The largest absolute Gasteiger partial charge is 0.444 e. The minimum atomic E-state index is -4.34. The average Bonchev–Trinajstić information content (AvgIpc) is 2.38. The second kappa shape index (κ2) is 6.61. The number of carbonyl (C=O) groups is 2. The Hall–Kier alpha value is -1.68. The average molecular weight is 349 g/mol. The molecule has 120 valence electrons. The van der Waals surface area contributed by atoms with Crippen LogP contribution in [-0.2, 0) is 21.6 Å². The number of nitrogens with zero attached hydrogens (tertiary/aromatic N) is 2. The molecule has 1 fully saturated rings. The first kappa shape index (κ1) is 16.7. The Kier molecular flexibility index (Phi) is 5.01. The van der Waals surface area contributed by atoms with Crippen molar-refractivity contribution in [3.05, 3.63) is 35.9 Å². The predicted molar refractivity (Wildman–Crippen MR) is 76.6 cm³/mol. The molecule has 8 nitrogen and oxygen atoms in total. The van der Waals surface area contributed by atoms with Gasteiger partial charge in [0.15, 0.2) is 0 Å². The molecule has 1 aliphatic heterocycles. The fraction of sp³-hybridized carbons (Fsp3) is 0.333. The maximum atomic E-state index is 11.9. The van der Waals surface area contributed by atoms with Gasteiger partial charge in [0, 0.05) is 13.1 Å². The zero-order valence-corrected chi connectivity index (χ0v) is 12.8. The smallest absolute Gasteiger partial charge is 0.418 e. The molecule has 1 aromatic rings. The Labute approximate surface area is 132 Å². The van der Waals surface area contributed by atoms with Crippen molar-refractivity contribution in [2.45, 2.75) is 12.6 Å². The molecule has 0 unspecified atom stereocenters. The molecule has 22 heavy (non-hydrogen) atoms. The van der Waals surface area contributed by atoms with Gasteiger partial charge in [0.05, 0.1) is 6.04 Å². The Morgan fingerprint density at radius 3 is 2.41 bits per heavy atom. The van der Waals surface area contributed by atoms with Crippen LogP contribution in [0, 0.1) is 0 Å². The quantitative estimate of drug-likeness (QED) is 0.502. The standard InChI is InChI=1S/C12H13ClN2O6S/c13-11(16)15(10-6-14(7-10)22(18,19)20)12(17)21-8-9-4-2-1-3-5-9/h1-5,10H,6-8H2,(H,18,19,20). The molecule has 10 heteroatoms. The molecule has 0 atom stereocenters. The number of amides is 2. The number of hydrogen-bond acceptors (Lipinski definition) is 5. The Balaban J connectivity index is 1.94. The first-order chi connectivity index (χ1) is 10.3. The lowest BCUT2D eigenvalue weighted by Gasteiger charge is -2.40. The predicted octanol–water partition coefficient (Wildman–Crippen LogP) is 1.47. The number of halogens is 1. The minimum absolute atomic E-state index is 0.0466. The molecular weight excluding hydrogens is 336 g/mol. The second-order valence-corrected chi connectivity index (χ2v) is 6.35. The highest BCUT2D eigenvalue weighted by atomic mass is 35.5. The van der Waals surface area contributed by atoms with Crippen LogP contribution in [0.3, 0.4) is 0 Å². The van der Waals surface area contributed by atoms with E-state index >= 15 is 0 Å². The maximum Gasteiger partial charge on any atom is 0.418 e. The van der Waals surface area contributed by atoms with Gasteiger partial charge in [0.25, 0.3) is 0 Å². The molecule has 1 saturated heterocycles. The van der Waals surface area contributed by atoms with E-state index in [9.17, 15) is 18.0 Å². The number of imide groups is 1. The summed E-state index contributed by atoms with van der Waals surface area (Å²) in [5, 5.41) is -1.07. The highest BCUT2D eigenvalue weighted by molar-refractivity contribution is 7.83. The monoisotopic (exact) mass is 348 g/mol. The SMILES string of the molecule is O=C(Cl)N(C(=O)OCc1ccccc1)C1CN(S(=O)(=O)O)C1. The Bertz CT molecular complexity index is 659. The Morgan fingerprint density at radius 1 is 1.32 bits per heavy atom. The number of ether oxygens (including phenoxy) is 1. The van der Waals surface area contributed by atoms with E-state index < -0.39 is 27.8 Å². The fourth-order valence-electron chi connectivity index (χ4n) is 1.92. The second-order valence-electron chi connectivity index (χ2n) is 4.61. The third-order valence-electron chi connectivity index (χ3n) is 3.11. The van der Waals surface area contributed by atoms with Crippen molar-refractivity contribution >= 4 is 33.4 Å². The van der Waals surface area contributed by atoms with Gasteiger partial charge in [-0.15, -0.1) is 0 Å². The summed E-state index contributed by atoms with van der Waals surface area (Å²) in [7, 11) is -4.34. The van der Waals surface area contributed by atoms with Crippen LogP contribution in [0.2, 0.25) is 0 Å². The van der Waals surface area contributed by atoms with Gasteiger partial charge in [-0.25, -0.2) is 9.69 Å². The van der Waals surface area contributed by atoms with Gasteiger partial charge in [0.1, 0.15) is 6.61 Å². The molecule has 0 saturated carbocycles. The maximum absolute atomic E-state index is 11.9. The lowest BCUT2D eigenvalue weighted by Crippen LogP contribution is -2.62. The van der Waals surface area contributed by atoms with Crippen LogP contribution in [0.15, 0.2) is 30.3 Å². The fourth-order valence-corrected chi connectivity index (χ4v) is 2.85. The van der Waals surface area contributed by atoms with Gasteiger partial charge in [0.2, 0.25) is 0 Å². The van der Waals surface area contributed by atoms with Gasteiger partial charge in [-0.2, -0.15) is 12.7 Å². The van der Waals surface area contributed by atoms with Crippen LogP contribution in [-0.4, -0.2) is 52.8 Å². The van der Waals surface area contributed by atoms with Crippen molar-refractivity contribution in [1.29, 1.82) is 0 Å². The van der Waals surface area contributed by atoms with Crippen molar-refractivity contribution in [2.75, 3.05) is 13.1 Å². The van der Waals surface area contributed by atoms with Crippen LogP contribution in [0.5, 0.6) is 0 Å². The molecular formula is C12H13ClN2O6S. The Morgan fingerprint density at radius 2 is 1.91 bits per heavy atom. The van der Waals surface area contributed by atoms with Crippen molar-refractivity contribution in [1.82, 2.24) is 9.21 Å². The molecule has 2 amide bonds. The van der Waals surface area contributed by atoms with E-state index in [0.29, 0.717) is 9.21 Å². The van der Waals surface area contributed by atoms with E-state index in [-0.39, 0.29) is 19.7 Å². The summed E-state index contributed by atoms with van der Waals surface area (Å²) < 4.78 is 36.2. The van der Waals surface area contributed by atoms with Crippen LogP contribution in [0.4, 0.5) is 9.59 Å². The molecule has 0 radical (unpaired) electrons. The van der Waals surface area contributed by atoms with Crippen LogP contribution < -0.4 is 0 Å². The van der Waals surface area contributed by atoms with Crippen LogP contribution >= 0.6 is 11.6 Å². The summed E-state index contributed by atoms with van der Waals surface area (Å²) in [5.74, 6) is 0. The summed E-state index contributed by atoms with van der Waals surface area (Å²) in [6, 6.07) is 8.05. The molecule has 2 rings (SSSR count). The number of benzene rings is 1. The van der Waals surface area contributed by atoms with Crippen molar-refractivity contribution in [3.63, 3.8) is 0 Å². The third-order valence-corrected chi connectivity index (χ3v) is 4.24. The molecule has 1 N–H and O–H groups in total. The zero-order valence-electron chi connectivity index (χ0n) is 11.3. The molecule has 0 aromatic heterocycles. The van der Waals surface area contributed by atoms with E-state index in [0.717, 1.165) is 5.56 Å². The van der Waals surface area contributed by atoms with E-state index in [1.165, 1.54) is 0 Å². The first-order valence-electron chi connectivity index (χ1n) is 6.21. The molecule has 1 heterocycles. The summed E-state index contributed by atoms with van der Waals surface area (Å²) in [6.45, 7) is -0.496. The highest BCUT2D eigenvalue weighted by Crippen LogP contribution is 2.20. The third kappa shape index (κ3) is 3.95. The molecule has 0 aliphatic carbocycles. The van der Waals surface area contributed by atoms with Gasteiger partial charge in [-0.05, 0) is 17.2 Å². The normalized spacial score (nSPS) is 15.9. The lowest BCUT2D eigenvalue weighted by molar-refractivity contribution is 0.0680. The van der Waals surface area contributed by atoms with Crippen molar-refractivity contribution in [2.24, 2.45) is 0 Å². The van der Waals surface area contributed by atoms with E-state index in [1.54, 1.807) is 30.3 Å². The highest BCUT2D eigenvalue weighted by Gasteiger charge is 2.43. The number of rotatable bonds is 4.